The number of ether oxygens (including phenoxy) is 2. The SMILES string of the molecule is CCc1cccc(NC(=O)COC(=O)[C@H](C)Oc2ccc(C#N)cc2)c1. The molecule has 0 radical (unpaired) electrons. The highest BCUT2D eigenvalue weighted by molar-refractivity contribution is 5.93. The minimum absolute atomic E-state index is 0.393. The predicted molar refractivity (Wildman–Crippen MR) is 96.7 cm³/mol. The van der Waals surface area contributed by atoms with Gasteiger partial charge < -0.3 is 14.8 Å². The Balaban J connectivity index is 1.80. The largest absolute Gasteiger partial charge is 0.479 e. The van der Waals surface area contributed by atoms with Gasteiger partial charge in [-0.15, -0.1) is 0 Å². The van der Waals surface area contributed by atoms with E-state index in [2.05, 4.69) is 5.32 Å². The van der Waals surface area contributed by atoms with Gasteiger partial charge in [-0.05, 0) is 55.3 Å². The number of hydrogen-bond acceptors (Lipinski definition) is 5. The Morgan fingerprint density at radius 1 is 1.19 bits per heavy atom. The first-order valence-electron chi connectivity index (χ1n) is 8.24. The second-order valence-electron chi connectivity index (χ2n) is 5.61. The maximum absolute atomic E-state index is 11.9. The summed E-state index contributed by atoms with van der Waals surface area (Å²) in [5.41, 5.74) is 2.26. The van der Waals surface area contributed by atoms with Gasteiger partial charge >= 0.3 is 5.97 Å². The minimum atomic E-state index is -0.876. The lowest BCUT2D eigenvalue weighted by atomic mass is 10.1. The molecular weight excluding hydrogens is 332 g/mol. The number of carbonyl (C=O) groups excluding carboxylic acids is 2. The highest BCUT2D eigenvalue weighted by atomic mass is 16.6. The summed E-state index contributed by atoms with van der Waals surface area (Å²) >= 11 is 0. The van der Waals surface area contributed by atoms with Crippen LogP contribution in [0, 0.1) is 11.3 Å². The number of hydrogen-bond donors (Lipinski definition) is 1. The first-order valence-corrected chi connectivity index (χ1v) is 8.24. The van der Waals surface area contributed by atoms with Gasteiger partial charge in [-0.2, -0.15) is 5.26 Å². The van der Waals surface area contributed by atoms with E-state index in [-0.39, 0.29) is 0 Å². The summed E-state index contributed by atoms with van der Waals surface area (Å²) in [5.74, 6) is -0.627. The minimum Gasteiger partial charge on any atom is -0.479 e. The Kier molecular flexibility index (Phi) is 6.75. The molecule has 2 aromatic rings. The molecule has 0 saturated carbocycles. The third-order valence-electron chi connectivity index (χ3n) is 3.59. The molecule has 0 aliphatic rings. The summed E-state index contributed by atoms with van der Waals surface area (Å²) in [4.78, 5) is 23.9. The third-order valence-corrected chi connectivity index (χ3v) is 3.59. The Morgan fingerprint density at radius 3 is 2.58 bits per heavy atom. The van der Waals surface area contributed by atoms with Crippen molar-refractivity contribution >= 4 is 17.6 Å². The van der Waals surface area contributed by atoms with Crippen molar-refractivity contribution in [2.45, 2.75) is 26.4 Å². The summed E-state index contributed by atoms with van der Waals surface area (Å²) in [6, 6.07) is 15.8. The average molecular weight is 352 g/mol. The lowest BCUT2D eigenvalue weighted by Gasteiger charge is -2.14. The molecule has 0 fully saturated rings. The second kappa shape index (κ2) is 9.23. The monoisotopic (exact) mass is 352 g/mol. The molecule has 0 aliphatic carbocycles. The number of nitrogens with zero attached hydrogens (tertiary/aromatic N) is 1. The molecular formula is C20H20N2O4. The van der Waals surface area contributed by atoms with Crippen molar-refractivity contribution in [2.24, 2.45) is 0 Å². The van der Waals surface area contributed by atoms with Crippen LogP contribution in [0.25, 0.3) is 0 Å². The standard InChI is InChI=1S/C20H20N2O4/c1-3-15-5-4-6-17(11-15)22-19(23)13-25-20(24)14(2)26-18-9-7-16(12-21)8-10-18/h4-11,14H,3,13H2,1-2H3,(H,22,23)/t14-/m0/s1. The summed E-state index contributed by atoms with van der Waals surface area (Å²) in [7, 11) is 0. The van der Waals surface area contributed by atoms with Crippen LogP contribution >= 0.6 is 0 Å². The fraction of sp³-hybridized carbons (Fsp3) is 0.250. The van der Waals surface area contributed by atoms with E-state index in [1.807, 2.05) is 31.2 Å². The molecule has 6 heteroatoms. The lowest BCUT2D eigenvalue weighted by Crippen LogP contribution is -2.29. The number of anilines is 1. The van der Waals surface area contributed by atoms with Gasteiger partial charge in [0.1, 0.15) is 5.75 Å². The molecule has 1 amide bonds. The molecule has 26 heavy (non-hydrogen) atoms. The van der Waals surface area contributed by atoms with Gasteiger partial charge in [0.05, 0.1) is 11.6 Å². The molecule has 0 aliphatic heterocycles. The van der Waals surface area contributed by atoms with E-state index in [1.54, 1.807) is 30.3 Å². The molecule has 1 atom stereocenters. The smallest absolute Gasteiger partial charge is 0.347 e. The van der Waals surface area contributed by atoms with Crippen LogP contribution in [0.4, 0.5) is 5.69 Å². The molecule has 134 valence electrons. The van der Waals surface area contributed by atoms with Crippen LogP contribution < -0.4 is 10.1 Å². The molecule has 0 unspecified atom stereocenters. The molecule has 6 nitrogen and oxygen atoms in total. The van der Waals surface area contributed by atoms with Crippen molar-refractivity contribution in [3.8, 4) is 11.8 Å². The van der Waals surface area contributed by atoms with Crippen molar-refractivity contribution in [2.75, 3.05) is 11.9 Å². The number of esters is 1. The Bertz CT molecular complexity index is 809. The van der Waals surface area contributed by atoms with Crippen LogP contribution in [0.15, 0.2) is 48.5 Å². The van der Waals surface area contributed by atoms with E-state index in [4.69, 9.17) is 14.7 Å². The van der Waals surface area contributed by atoms with Gasteiger partial charge in [0.2, 0.25) is 0 Å². The number of carbonyl (C=O) groups is 2. The van der Waals surface area contributed by atoms with E-state index in [9.17, 15) is 9.59 Å². The van der Waals surface area contributed by atoms with Gasteiger partial charge in [-0.1, -0.05) is 19.1 Å². The summed E-state index contributed by atoms with van der Waals surface area (Å²) < 4.78 is 10.4. The zero-order valence-corrected chi connectivity index (χ0v) is 14.7. The van der Waals surface area contributed by atoms with E-state index in [0.29, 0.717) is 17.0 Å². The third kappa shape index (κ3) is 5.64. The number of nitrogens with one attached hydrogen (secondary N) is 1. The van der Waals surface area contributed by atoms with Gasteiger partial charge in [0, 0.05) is 5.69 Å². The maximum atomic E-state index is 11.9. The summed E-state index contributed by atoms with van der Waals surface area (Å²) in [6.07, 6.45) is -0.0118. The van der Waals surface area contributed by atoms with E-state index >= 15 is 0 Å². The fourth-order valence-electron chi connectivity index (χ4n) is 2.18. The van der Waals surface area contributed by atoms with Crippen molar-refractivity contribution < 1.29 is 19.1 Å². The van der Waals surface area contributed by atoms with Crippen LogP contribution in [0.2, 0.25) is 0 Å². The highest BCUT2D eigenvalue weighted by Gasteiger charge is 2.18. The first-order chi connectivity index (χ1) is 12.5. The van der Waals surface area contributed by atoms with Crippen LogP contribution in [-0.2, 0) is 20.7 Å². The molecule has 0 aromatic heterocycles. The number of rotatable bonds is 7. The van der Waals surface area contributed by atoms with E-state index < -0.39 is 24.6 Å². The Labute approximate surface area is 152 Å². The Hall–Kier alpha value is -3.33. The topological polar surface area (TPSA) is 88.4 Å². The predicted octanol–water partition coefficient (Wildman–Crippen LogP) is 3.07. The number of nitriles is 1. The van der Waals surface area contributed by atoms with Crippen molar-refractivity contribution in [3.05, 3.63) is 59.7 Å². The van der Waals surface area contributed by atoms with Gasteiger partial charge in [0.25, 0.3) is 5.91 Å². The second-order valence-corrected chi connectivity index (χ2v) is 5.61. The van der Waals surface area contributed by atoms with E-state index in [0.717, 1.165) is 12.0 Å². The van der Waals surface area contributed by atoms with Crippen LogP contribution in [0.5, 0.6) is 5.75 Å². The first kappa shape index (κ1) is 19.0. The number of benzene rings is 2. The van der Waals surface area contributed by atoms with Crippen LogP contribution in [0.1, 0.15) is 25.0 Å². The molecule has 0 spiro atoms. The lowest BCUT2D eigenvalue weighted by molar-refractivity contribution is -0.153. The fourth-order valence-corrected chi connectivity index (χ4v) is 2.18. The van der Waals surface area contributed by atoms with Gasteiger partial charge in [-0.25, -0.2) is 4.79 Å². The van der Waals surface area contributed by atoms with Gasteiger partial charge in [0.15, 0.2) is 12.7 Å². The maximum Gasteiger partial charge on any atom is 0.347 e. The number of amides is 1. The normalized spacial score (nSPS) is 11.1. The molecule has 1 N–H and O–H groups in total. The summed E-state index contributed by atoms with van der Waals surface area (Å²) in [6.45, 7) is 3.16. The quantitative estimate of drug-likeness (QED) is 0.774. The average Bonchev–Trinajstić information content (AvgIpc) is 2.66. The molecule has 0 saturated heterocycles. The molecule has 2 aromatic carbocycles. The van der Waals surface area contributed by atoms with Crippen LogP contribution in [-0.4, -0.2) is 24.6 Å². The zero-order chi connectivity index (χ0) is 18.9. The summed E-state index contributed by atoms with van der Waals surface area (Å²) in [5, 5.41) is 11.4. The van der Waals surface area contributed by atoms with Crippen molar-refractivity contribution in [3.63, 3.8) is 0 Å². The molecule has 0 heterocycles. The van der Waals surface area contributed by atoms with Gasteiger partial charge in [-0.3, -0.25) is 4.79 Å². The van der Waals surface area contributed by atoms with Crippen molar-refractivity contribution in [1.29, 1.82) is 5.26 Å². The van der Waals surface area contributed by atoms with E-state index in [1.165, 1.54) is 6.92 Å². The van der Waals surface area contributed by atoms with Crippen LogP contribution in [0.3, 0.4) is 0 Å². The molecule has 0 bridgehead atoms. The molecule has 2 rings (SSSR count). The highest BCUT2D eigenvalue weighted by Crippen LogP contribution is 2.14. The van der Waals surface area contributed by atoms with Crippen molar-refractivity contribution in [1.82, 2.24) is 0 Å². The Morgan fingerprint density at radius 2 is 1.92 bits per heavy atom. The zero-order valence-electron chi connectivity index (χ0n) is 14.7. The number of aryl methyl sites for hydroxylation is 1.